The Labute approximate surface area is 143 Å². The van der Waals surface area contributed by atoms with Crippen molar-refractivity contribution in [3.05, 3.63) is 40.7 Å². The van der Waals surface area contributed by atoms with Crippen LogP contribution in [0, 0.1) is 0 Å². The maximum atomic E-state index is 12.4. The summed E-state index contributed by atoms with van der Waals surface area (Å²) in [5.74, 6) is -0.108. The van der Waals surface area contributed by atoms with Crippen molar-refractivity contribution in [2.24, 2.45) is 0 Å². The van der Waals surface area contributed by atoms with Gasteiger partial charge in [-0.2, -0.15) is 0 Å². The molecule has 0 fully saturated rings. The van der Waals surface area contributed by atoms with Gasteiger partial charge in [-0.3, -0.25) is 4.79 Å². The van der Waals surface area contributed by atoms with Crippen LogP contribution in [-0.2, 0) is 13.1 Å². The number of aromatic nitrogens is 3. The molecule has 3 rings (SSSR count). The molecule has 3 amide bonds. The molecule has 1 aromatic heterocycles. The first-order valence-electron chi connectivity index (χ1n) is 7.60. The number of halogens is 1. The lowest BCUT2D eigenvalue weighted by molar-refractivity contribution is 0.0706. The Hall–Kier alpha value is -2.61. The van der Waals surface area contributed by atoms with Crippen LogP contribution in [0.3, 0.4) is 0 Å². The lowest BCUT2D eigenvalue weighted by atomic mass is 10.2. The van der Waals surface area contributed by atoms with Crippen molar-refractivity contribution < 1.29 is 9.59 Å². The molecule has 0 saturated carbocycles. The Bertz CT molecular complexity index is 758. The fraction of sp³-hybridized carbons (Fsp3) is 0.333. The molecule has 0 bridgehead atoms. The second kappa shape index (κ2) is 6.88. The van der Waals surface area contributed by atoms with E-state index in [9.17, 15) is 9.59 Å². The number of carbonyl (C=O) groups excluding carboxylic acids is 2. The van der Waals surface area contributed by atoms with E-state index in [-0.39, 0.29) is 12.5 Å². The average molecular weight is 349 g/mol. The average Bonchev–Trinajstić information content (AvgIpc) is 2.99. The smallest absolute Gasteiger partial charge is 0.319 e. The molecule has 0 atom stereocenters. The van der Waals surface area contributed by atoms with Gasteiger partial charge < -0.3 is 15.5 Å². The normalized spacial score (nSPS) is 13.6. The van der Waals surface area contributed by atoms with E-state index in [4.69, 9.17) is 11.6 Å². The summed E-state index contributed by atoms with van der Waals surface area (Å²) < 4.78 is 1.59. The van der Waals surface area contributed by atoms with Crippen LogP contribution in [0.4, 0.5) is 10.5 Å². The van der Waals surface area contributed by atoms with E-state index in [2.05, 4.69) is 20.9 Å². The molecule has 2 aromatic rings. The van der Waals surface area contributed by atoms with Gasteiger partial charge in [-0.25, -0.2) is 9.48 Å². The minimum Gasteiger partial charge on any atom is -0.336 e. The number of nitrogens with one attached hydrogen (secondary N) is 2. The molecular formula is C15H17ClN6O2. The van der Waals surface area contributed by atoms with Gasteiger partial charge in [0.05, 0.1) is 13.1 Å². The van der Waals surface area contributed by atoms with Crippen molar-refractivity contribution in [1.82, 2.24) is 25.2 Å². The molecule has 0 spiro atoms. The van der Waals surface area contributed by atoms with Crippen molar-refractivity contribution in [2.75, 3.05) is 18.4 Å². The van der Waals surface area contributed by atoms with Gasteiger partial charge in [0.15, 0.2) is 5.69 Å². The molecule has 2 N–H and O–H groups in total. The Morgan fingerprint density at radius 1 is 1.29 bits per heavy atom. The van der Waals surface area contributed by atoms with Gasteiger partial charge in [-0.1, -0.05) is 16.8 Å². The summed E-state index contributed by atoms with van der Waals surface area (Å²) >= 11 is 5.80. The Kier molecular flexibility index (Phi) is 4.66. The number of hydrogen-bond donors (Lipinski definition) is 2. The summed E-state index contributed by atoms with van der Waals surface area (Å²) in [5, 5.41) is 14.0. The van der Waals surface area contributed by atoms with E-state index in [1.54, 1.807) is 33.8 Å². The number of rotatable bonds is 4. The number of nitrogens with zero attached hydrogens (tertiary/aromatic N) is 4. The van der Waals surface area contributed by atoms with E-state index in [0.717, 1.165) is 0 Å². The summed E-state index contributed by atoms with van der Waals surface area (Å²) in [4.78, 5) is 26.1. The zero-order chi connectivity index (χ0) is 17.1. The molecule has 1 aromatic carbocycles. The number of fused-ring (bicyclic) bond motifs is 1. The summed E-state index contributed by atoms with van der Waals surface area (Å²) in [6.07, 6.45) is 0. The lowest BCUT2D eigenvalue weighted by Crippen LogP contribution is -2.41. The van der Waals surface area contributed by atoms with Crippen LogP contribution in [0.25, 0.3) is 0 Å². The van der Waals surface area contributed by atoms with Crippen LogP contribution in [0.2, 0.25) is 5.02 Å². The maximum Gasteiger partial charge on any atom is 0.319 e. The van der Waals surface area contributed by atoms with Crippen molar-refractivity contribution in [2.45, 2.75) is 20.0 Å². The molecule has 24 heavy (non-hydrogen) atoms. The van der Waals surface area contributed by atoms with E-state index in [1.807, 2.05) is 6.92 Å². The maximum absolute atomic E-state index is 12.4. The van der Waals surface area contributed by atoms with E-state index < -0.39 is 6.03 Å². The third kappa shape index (κ3) is 3.33. The quantitative estimate of drug-likeness (QED) is 0.880. The Morgan fingerprint density at radius 2 is 2.04 bits per heavy atom. The summed E-state index contributed by atoms with van der Waals surface area (Å²) in [7, 11) is 0. The fourth-order valence-corrected chi connectivity index (χ4v) is 2.63. The highest BCUT2D eigenvalue weighted by Crippen LogP contribution is 2.15. The summed E-state index contributed by atoms with van der Waals surface area (Å²) in [6.45, 7) is 3.91. The Balaban J connectivity index is 1.63. The minimum atomic E-state index is -0.394. The molecule has 126 valence electrons. The van der Waals surface area contributed by atoms with Crippen LogP contribution in [0.1, 0.15) is 23.1 Å². The number of anilines is 1. The number of amides is 3. The third-order valence-corrected chi connectivity index (χ3v) is 4.03. The summed E-state index contributed by atoms with van der Waals surface area (Å²) in [5.41, 5.74) is 1.52. The van der Waals surface area contributed by atoms with Crippen molar-refractivity contribution >= 4 is 29.2 Å². The number of carbonyl (C=O) groups is 2. The van der Waals surface area contributed by atoms with Crippen LogP contribution in [-0.4, -0.2) is 44.9 Å². The van der Waals surface area contributed by atoms with Crippen molar-refractivity contribution in [3.8, 4) is 0 Å². The van der Waals surface area contributed by atoms with Gasteiger partial charge >= 0.3 is 6.03 Å². The molecule has 9 heteroatoms. The SMILES string of the molecule is CCN1CCn2nnc(CNC(=O)Nc3ccc(Cl)cc3)c2C1=O. The van der Waals surface area contributed by atoms with E-state index in [1.165, 1.54) is 0 Å². The molecule has 0 saturated heterocycles. The second-order valence-electron chi connectivity index (χ2n) is 5.31. The largest absolute Gasteiger partial charge is 0.336 e. The minimum absolute atomic E-state index is 0.108. The second-order valence-corrected chi connectivity index (χ2v) is 5.74. The first kappa shape index (κ1) is 16.3. The number of benzene rings is 1. The van der Waals surface area contributed by atoms with Crippen LogP contribution < -0.4 is 10.6 Å². The number of likely N-dealkylation sites (N-methyl/N-ethyl adjacent to an activating group) is 1. The highest BCUT2D eigenvalue weighted by molar-refractivity contribution is 6.30. The monoisotopic (exact) mass is 348 g/mol. The highest BCUT2D eigenvalue weighted by Gasteiger charge is 2.28. The van der Waals surface area contributed by atoms with Gasteiger partial charge in [0.1, 0.15) is 5.69 Å². The van der Waals surface area contributed by atoms with E-state index >= 15 is 0 Å². The predicted molar refractivity (Wildman–Crippen MR) is 88.9 cm³/mol. The van der Waals surface area contributed by atoms with Crippen LogP contribution >= 0.6 is 11.6 Å². The van der Waals surface area contributed by atoms with Crippen LogP contribution in [0.15, 0.2) is 24.3 Å². The first-order chi connectivity index (χ1) is 11.6. The van der Waals surface area contributed by atoms with Gasteiger partial charge in [0.25, 0.3) is 5.91 Å². The number of urea groups is 1. The zero-order valence-electron chi connectivity index (χ0n) is 13.1. The third-order valence-electron chi connectivity index (χ3n) is 3.78. The van der Waals surface area contributed by atoms with Crippen molar-refractivity contribution in [3.63, 3.8) is 0 Å². The number of hydrogen-bond acceptors (Lipinski definition) is 4. The molecule has 0 radical (unpaired) electrons. The standard InChI is InChI=1S/C15H17ClN6O2/c1-2-21-7-8-22-13(14(21)23)12(19-20-22)9-17-15(24)18-11-5-3-10(16)4-6-11/h3-6H,2,7-9H2,1H3,(H2,17,18,24). The molecule has 0 unspecified atom stereocenters. The van der Waals surface area contributed by atoms with Gasteiger partial charge in [-0.15, -0.1) is 5.10 Å². The van der Waals surface area contributed by atoms with Gasteiger partial charge in [-0.05, 0) is 31.2 Å². The molecule has 2 heterocycles. The molecule has 0 aliphatic carbocycles. The molecule has 8 nitrogen and oxygen atoms in total. The molecule has 1 aliphatic heterocycles. The predicted octanol–water partition coefficient (Wildman–Crippen LogP) is 1.73. The van der Waals surface area contributed by atoms with E-state index in [0.29, 0.717) is 41.7 Å². The van der Waals surface area contributed by atoms with Crippen molar-refractivity contribution in [1.29, 1.82) is 0 Å². The topological polar surface area (TPSA) is 92.2 Å². The lowest BCUT2D eigenvalue weighted by Gasteiger charge is -2.26. The van der Waals surface area contributed by atoms with Gasteiger partial charge in [0.2, 0.25) is 0 Å². The zero-order valence-corrected chi connectivity index (χ0v) is 13.9. The highest BCUT2D eigenvalue weighted by atomic mass is 35.5. The fourth-order valence-electron chi connectivity index (χ4n) is 2.50. The molecule has 1 aliphatic rings. The molecular weight excluding hydrogens is 332 g/mol. The summed E-state index contributed by atoms with van der Waals surface area (Å²) in [6, 6.07) is 6.37. The Morgan fingerprint density at radius 3 is 2.75 bits per heavy atom. The first-order valence-corrected chi connectivity index (χ1v) is 7.98. The van der Waals surface area contributed by atoms with Crippen LogP contribution in [0.5, 0.6) is 0 Å². The van der Waals surface area contributed by atoms with Gasteiger partial charge in [0, 0.05) is 23.8 Å².